The highest BCUT2D eigenvalue weighted by molar-refractivity contribution is 7.09. The third-order valence-corrected chi connectivity index (χ3v) is 3.02. The largest absolute Gasteiger partial charge is 1.00 e. The van der Waals surface area contributed by atoms with Gasteiger partial charge < -0.3 is 17.7 Å². The van der Waals surface area contributed by atoms with Crippen molar-refractivity contribution >= 4 is 17.2 Å². The quantitative estimate of drug-likeness (QED) is 0.663. The molecule has 0 aromatic carbocycles. The van der Waals surface area contributed by atoms with Crippen molar-refractivity contribution in [3.8, 4) is 0 Å². The molecule has 2 heterocycles. The van der Waals surface area contributed by atoms with Crippen molar-refractivity contribution in [2.45, 2.75) is 13.1 Å². The van der Waals surface area contributed by atoms with Crippen LogP contribution in [0.4, 0.5) is 0 Å². The van der Waals surface area contributed by atoms with Gasteiger partial charge in [-0.2, -0.15) is 4.57 Å². The molecule has 0 aliphatic rings. The molecular formula is C12H13ClN2OS. The number of pyridine rings is 1. The molecule has 0 aliphatic carbocycles. The maximum atomic E-state index is 11.6. The summed E-state index contributed by atoms with van der Waals surface area (Å²) in [6.45, 7) is 0.982. The van der Waals surface area contributed by atoms with Gasteiger partial charge in [0.1, 0.15) is 0 Å². The Morgan fingerprint density at radius 2 is 2.00 bits per heavy atom. The molecule has 0 spiro atoms. The number of nitrogens with one attached hydrogen (secondary N) is 1. The van der Waals surface area contributed by atoms with Crippen LogP contribution in [0.15, 0.2) is 48.1 Å². The summed E-state index contributed by atoms with van der Waals surface area (Å²) in [6.07, 6.45) is 3.76. The predicted octanol–water partition coefficient (Wildman–Crippen LogP) is -1.64. The van der Waals surface area contributed by atoms with Crippen LogP contribution in [0.5, 0.6) is 0 Å². The molecule has 17 heavy (non-hydrogen) atoms. The number of hydrogen-bond acceptors (Lipinski definition) is 2. The minimum absolute atomic E-state index is 0. The van der Waals surface area contributed by atoms with Crippen LogP contribution in [0, 0.1) is 0 Å². The second-order valence-corrected chi connectivity index (χ2v) is 4.44. The monoisotopic (exact) mass is 268 g/mol. The number of nitrogens with zero attached hydrogens (tertiary/aromatic N) is 1. The molecule has 5 heteroatoms. The fraction of sp³-hybridized carbons (Fsp3) is 0.167. The van der Waals surface area contributed by atoms with Gasteiger partial charge >= 0.3 is 0 Å². The Balaban J connectivity index is 0.00000144. The molecule has 0 fully saturated rings. The molecule has 0 atom stereocenters. The molecular weight excluding hydrogens is 256 g/mol. The molecule has 2 aromatic heterocycles. The first-order valence-electron chi connectivity index (χ1n) is 5.08. The van der Waals surface area contributed by atoms with E-state index < -0.39 is 0 Å². The summed E-state index contributed by atoms with van der Waals surface area (Å²) in [7, 11) is 0. The van der Waals surface area contributed by atoms with E-state index in [1.165, 1.54) is 4.88 Å². The molecule has 0 radical (unpaired) electrons. The van der Waals surface area contributed by atoms with Crippen LogP contribution in [-0.2, 0) is 17.9 Å². The van der Waals surface area contributed by atoms with Crippen molar-refractivity contribution in [3.05, 3.63) is 53.0 Å². The molecule has 0 aliphatic heterocycles. The second kappa shape index (κ2) is 7.04. The van der Waals surface area contributed by atoms with Gasteiger partial charge in [0.2, 0.25) is 6.54 Å². The molecule has 2 aromatic rings. The molecule has 0 saturated carbocycles. The first-order valence-corrected chi connectivity index (χ1v) is 5.96. The van der Waals surface area contributed by atoms with E-state index in [9.17, 15) is 4.79 Å². The first-order chi connectivity index (χ1) is 7.84. The number of amides is 1. The highest BCUT2D eigenvalue weighted by Crippen LogP contribution is 2.06. The lowest BCUT2D eigenvalue weighted by atomic mass is 10.4. The molecule has 2 rings (SSSR count). The summed E-state index contributed by atoms with van der Waals surface area (Å²) >= 11 is 1.65. The third kappa shape index (κ3) is 4.54. The average Bonchev–Trinajstić information content (AvgIpc) is 2.81. The van der Waals surface area contributed by atoms with Gasteiger partial charge in [-0.1, -0.05) is 12.1 Å². The van der Waals surface area contributed by atoms with Crippen molar-refractivity contribution in [3.63, 3.8) is 0 Å². The number of aromatic nitrogens is 1. The molecule has 3 nitrogen and oxygen atoms in total. The zero-order chi connectivity index (χ0) is 11.2. The van der Waals surface area contributed by atoms with E-state index in [1.54, 1.807) is 11.3 Å². The maximum Gasteiger partial charge on any atom is 0.286 e. The normalized spacial score (nSPS) is 9.41. The van der Waals surface area contributed by atoms with Crippen molar-refractivity contribution in [2.24, 2.45) is 0 Å². The summed E-state index contributed by atoms with van der Waals surface area (Å²) in [5.74, 6) is 0.0320. The smallest absolute Gasteiger partial charge is 0.286 e. The van der Waals surface area contributed by atoms with Gasteiger partial charge in [-0.3, -0.25) is 4.79 Å². The number of rotatable bonds is 4. The molecule has 0 saturated heterocycles. The standard InChI is InChI=1S/C12H12N2OS.ClH/c15-12(10-14-6-2-1-3-7-14)13-9-11-5-4-8-16-11;/h1-8H,9-10H2;1H. The Hall–Kier alpha value is -1.39. The minimum atomic E-state index is 0. The number of thiophene rings is 1. The van der Waals surface area contributed by atoms with Crippen LogP contribution >= 0.6 is 11.3 Å². The van der Waals surface area contributed by atoms with E-state index in [1.807, 2.05) is 52.7 Å². The third-order valence-electron chi connectivity index (χ3n) is 2.14. The zero-order valence-corrected chi connectivity index (χ0v) is 10.7. The Labute approximate surface area is 111 Å². The number of carbonyl (C=O) groups excluding carboxylic acids is 1. The lowest BCUT2D eigenvalue weighted by Gasteiger charge is -2.00. The van der Waals surface area contributed by atoms with Crippen LogP contribution in [0.3, 0.4) is 0 Å². The summed E-state index contributed by atoms with van der Waals surface area (Å²) < 4.78 is 1.85. The van der Waals surface area contributed by atoms with E-state index in [0.29, 0.717) is 13.1 Å². The van der Waals surface area contributed by atoms with Crippen LogP contribution in [-0.4, -0.2) is 5.91 Å². The van der Waals surface area contributed by atoms with Crippen molar-refractivity contribution in [1.82, 2.24) is 5.32 Å². The predicted molar refractivity (Wildman–Crippen MR) is 62.8 cm³/mol. The molecule has 0 bridgehead atoms. The van der Waals surface area contributed by atoms with Gasteiger partial charge in [-0.25, -0.2) is 0 Å². The summed E-state index contributed by atoms with van der Waals surface area (Å²) in [4.78, 5) is 12.8. The van der Waals surface area contributed by atoms with Crippen molar-refractivity contribution in [1.29, 1.82) is 0 Å². The molecule has 0 unspecified atom stereocenters. The molecule has 1 N–H and O–H groups in total. The minimum Gasteiger partial charge on any atom is -1.00 e. The summed E-state index contributed by atoms with van der Waals surface area (Å²) in [5, 5.41) is 4.89. The maximum absolute atomic E-state index is 11.6. The van der Waals surface area contributed by atoms with Gasteiger partial charge in [0, 0.05) is 17.0 Å². The Kier molecular flexibility index (Phi) is 5.66. The Morgan fingerprint density at radius 1 is 1.24 bits per heavy atom. The van der Waals surface area contributed by atoms with Gasteiger partial charge in [-0.15, -0.1) is 11.3 Å². The lowest BCUT2D eigenvalue weighted by molar-refractivity contribution is -0.684. The fourth-order valence-corrected chi connectivity index (χ4v) is 2.00. The van der Waals surface area contributed by atoms with E-state index in [2.05, 4.69) is 5.32 Å². The second-order valence-electron chi connectivity index (χ2n) is 3.40. The van der Waals surface area contributed by atoms with E-state index >= 15 is 0 Å². The highest BCUT2D eigenvalue weighted by Gasteiger charge is 2.07. The van der Waals surface area contributed by atoms with E-state index in [4.69, 9.17) is 0 Å². The van der Waals surface area contributed by atoms with Gasteiger partial charge in [0.15, 0.2) is 12.4 Å². The van der Waals surface area contributed by atoms with Crippen molar-refractivity contribution < 1.29 is 21.8 Å². The molecule has 90 valence electrons. The Morgan fingerprint density at radius 3 is 2.65 bits per heavy atom. The van der Waals surface area contributed by atoms with Gasteiger partial charge in [0.05, 0.1) is 6.54 Å². The summed E-state index contributed by atoms with van der Waals surface area (Å²) in [6, 6.07) is 9.75. The van der Waals surface area contributed by atoms with Crippen LogP contribution in [0.25, 0.3) is 0 Å². The number of halogens is 1. The van der Waals surface area contributed by atoms with Crippen LogP contribution in [0.2, 0.25) is 0 Å². The van der Waals surface area contributed by atoms with Gasteiger partial charge in [-0.05, 0) is 11.4 Å². The topological polar surface area (TPSA) is 33.0 Å². The van der Waals surface area contributed by atoms with Crippen LogP contribution < -0.4 is 22.3 Å². The van der Waals surface area contributed by atoms with Crippen LogP contribution in [0.1, 0.15) is 4.88 Å². The van der Waals surface area contributed by atoms with E-state index in [0.717, 1.165) is 0 Å². The van der Waals surface area contributed by atoms with E-state index in [-0.39, 0.29) is 18.3 Å². The number of carbonyl (C=O) groups is 1. The lowest BCUT2D eigenvalue weighted by Crippen LogP contribution is -3.00. The zero-order valence-electron chi connectivity index (χ0n) is 9.17. The highest BCUT2D eigenvalue weighted by atomic mass is 35.5. The van der Waals surface area contributed by atoms with Crippen molar-refractivity contribution in [2.75, 3.05) is 0 Å². The summed E-state index contributed by atoms with van der Waals surface area (Å²) in [5.41, 5.74) is 0. The fourth-order valence-electron chi connectivity index (χ4n) is 1.36. The Bertz CT molecular complexity index is 445. The average molecular weight is 269 g/mol. The number of hydrogen-bond donors (Lipinski definition) is 1. The molecule has 1 amide bonds. The SMILES string of the molecule is O=C(C[n+]1ccccc1)NCc1cccs1.[Cl-]. The first kappa shape index (κ1) is 13.7. The van der Waals surface area contributed by atoms with Gasteiger partial charge in [0.25, 0.3) is 5.91 Å².